The number of carboxylic acid groups (broad SMARTS) is 1. The van der Waals surface area contributed by atoms with Crippen molar-refractivity contribution >= 4 is 30.8 Å². The van der Waals surface area contributed by atoms with E-state index in [1.165, 1.54) is 6.07 Å². The largest absolute Gasteiger partial charge is 0.465 e. The Labute approximate surface area is 180 Å². The molecular formula is C21H26N4O5Si. The van der Waals surface area contributed by atoms with E-state index in [2.05, 4.69) is 30.1 Å². The van der Waals surface area contributed by atoms with E-state index in [-0.39, 0.29) is 19.0 Å². The maximum absolute atomic E-state index is 11.8. The molecule has 0 spiro atoms. The second kappa shape index (κ2) is 9.27. The van der Waals surface area contributed by atoms with E-state index in [9.17, 15) is 14.9 Å². The molecule has 31 heavy (non-hydrogen) atoms. The fourth-order valence-corrected chi connectivity index (χ4v) is 3.91. The van der Waals surface area contributed by atoms with E-state index in [1.54, 1.807) is 41.2 Å². The van der Waals surface area contributed by atoms with Gasteiger partial charge in [-0.15, -0.1) is 0 Å². The first-order valence-corrected chi connectivity index (χ1v) is 13.6. The first-order valence-electron chi connectivity index (χ1n) is 9.92. The van der Waals surface area contributed by atoms with E-state index in [1.807, 2.05) is 0 Å². The number of carbonyl (C=O) groups is 1. The van der Waals surface area contributed by atoms with Crippen molar-refractivity contribution in [1.29, 1.82) is 0 Å². The fourth-order valence-electron chi connectivity index (χ4n) is 3.16. The van der Waals surface area contributed by atoms with Crippen molar-refractivity contribution in [1.82, 2.24) is 15.1 Å². The van der Waals surface area contributed by atoms with Gasteiger partial charge in [0.15, 0.2) is 0 Å². The van der Waals surface area contributed by atoms with Crippen LogP contribution in [-0.2, 0) is 18.0 Å². The summed E-state index contributed by atoms with van der Waals surface area (Å²) in [4.78, 5) is 22.1. The summed E-state index contributed by atoms with van der Waals surface area (Å²) in [6.07, 6.45) is 0.539. The number of nitrogens with zero attached hydrogens (tertiary/aromatic N) is 3. The number of benzene rings is 2. The molecule has 1 aromatic heterocycles. The third-order valence-corrected chi connectivity index (χ3v) is 6.55. The molecule has 3 aromatic rings. The third-order valence-electron chi connectivity index (χ3n) is 4.85. The molecular weight excluding hydrogens is 416 g/mol. The van der Waals surface area contributed by atoms with Gasteiger partial charge in [-0.1, -0.05) is 37.8 Å². The molecule has 0 unspecified atom stereocenters. The van der Waals surface area contributed by atoms with Crippen molar-refractivity contribution in [3.05, 3.63) is 58.3 Å². The highest BCUT2D eigenvalue weighted by Crippen LogP contribution is 2.34. The van der Waals surface area contributed by atoms with Crippen LogP contribution >= 0.6 is 0 Å². The second-order valence-corrected chi connectivity index (χ2v) is 14.2. The van der Waals surface area contributed by atoms with Gasteiger partial charge >= 0.3 is 6.09 Å². The van der Waals surface area contributed by atoms with E-state index in [0.29, 0.717) is 28.8 Å². The minimum atomic E-state index is -1.20. The molecule has 0 radical (unpaired) electrons. The molecule has 0 bridgehead atoms. The molecule has 0 saturated heterocycles. The summed E-state index contributed by atoms with van der Waals surface area (Å²) < 4.78 is 7.38. The highest BCUT2D eigenvalue weighted by Gasteiger charge is 2.19. The molecule has 0 aliphatic rings. The Balaban J connectivity index is 1.90. The maximum atomic E-state index is 11.8. The quantitative estimate of drug-likeness (QED) is 0.215. The molecule has 0 saturated carbocycles. The van der Waals surface area contributed by atoms with E-state index in [4.69, 9.17) is 9.84 Å². The van der Waals surface area contributed by atoms with Gasteiger partial charge in [0.05, 0.1) is 22.2 Å². The van der Waals surface area contributed by atoms with Crippen LogP contribution in [0, 0.1) is 10.1 Å². The van der Waals surface area contributed by atoms with Crippen molar-refractivity contribution < 1.29 is 19.6 Å². The van der Waals surface area contributed by atoms with Gasteiger partial charge in [0.1, 0.15) is 6.73 Å². The molecule has 1 heterocycles. The van der Waals surface area contributed by atoms with Crippen molar-refractivity contribution in [2.75, 3.05) is 6.61 Å². The molecule has 0 aliphatic carbocycles. The van der Waals surface area contributed by atoms with Crippen LogP contribution < -0.4 is 5.32 Å². The molecule has 164 valence electrons. The number of nitrogens with one attached hydrogen (secondary N) is 1. The number of ether oxygens (including phenoxy) is 1. The van der Waals surface area contributed by atoms with E-state index in [0.717, 1.165) is 11.4 Å². The van der Waals surface area contributed by atoms with Crippen molar-refractivity contribution in [3.8, 4) is 11.1 Å². The van der Waals surface area contributed by atoms with Crippen LogP contribution in [0.3, 0.4) is 0 Å². The summed E-state index contributed by atoms with van der Waals surface area (Å²) in [7, 11) is -1.20. The van der Waals surface area contributed by atoms with Crippen LogP contribution in [0.2, 0.25) is 25.7 Å². The summed E-state index contributed by atoms with van der Waals surface area (Å²) in [6, 6.07) is 11.3. The Morgan fingerprint density at radius 3 is 2.74 bits per heavy atom. The highest BCUT2D eigenvalue weighted by molar-refractivity contribution is 6.76. The van der Waals surface area contributed by atoms with Crippen LogP contribution in [0.1, 0.15) is 5.56 Å². The molecule has 2 aromatic carbocycles. The zero-order chi connectivity index (χ0) is 22.6. The van der Waals surface area contributed by atoms with Gasteiger partial charge in [0.25, 0.3) is 5.69 Å². The summed E-state index contributed by atoms with van der Waals surface area (Å²) >= 11 is 0. The zero-order valence-corrected chi connectivity index (χ0v) is 18.8. The summed E-state index contributed by atoms with van der Waals surface area (Å²) in [5.41, 5.74) is 2.39. The molecule has 3 rings (SSSR count). The zero-order valence-electron chi connectivity index (χ0n) is 17.8. The Hall–Kier alpha value is -3.24. The highest BCUT2D eigenvalue weighted by atomic mass is 28.3. The topological polar surface area (TPSA) is 120 Å². The molecule has 10 heteroatoms. The van der Waals surface area contributed by atoms with Crippen molar-refractivity contribution in [2.24, 2.45) is 0 Å². The number of amides is 1. The van der Waals surface area contributed by atoms with Gasteiger partial charge in [0, 0.05) is 32.7 Å². The second-order valence-electron chi connectivity index (χ2n) is 8.54. The Morgan fingerprint density at radius 1 is 1.29 bits per heavy atom. The lowest BCUT2D eigenvalue weighted by Crippen LogP contribution is -2.22. The number of nitro benzene ring substituents is 1. The average Bonchev–Trinajstić information content (AvgIpc) is 3.10. The lowest BCUT2D eigenvalue weighted by atomic mass is 10.00. The average molecular weight is 443 g/mol. The normalized spacial score (nSPS) is 11.6. The third kappa shape index (κ3) is 5.89. The molecule has 0 atom stereocenters. The number of hydrogen-bond donors (Lipinski definition) is 2. The number of nitro groups is 1. The molecule has 2 N–H and O–H groups in total. The predicted octanol–water partition coefficient (Wildman–Crippen LogP) is 4.69. The number of hydrogen-bond acceptors (Lipinski definition) is 5. The van der Waals surface area contributed by atoms with Gasteiger partial charge in [0.2, 0.25) is 0 Å². The fraction of sp³-hybridized carbons (Fsp3) is 0.333. The lowest BCUT2D eigenvalue weighted by molar-refractivity contribution is -0.384. The smallest absolute Gasteiger partial charge is 0.404 e. The number of rotatable bonds is 9. The Bertz CT molecular complexity index is 1110. The minimum absolute atomic E-state index is 0.0420. The van der Waals surface area contributed by atoms with Crippen LogP contribution in [0.25, 0.3) is 22.0 Å². The monoisotopic (exact) mass is 442 g/mol. The van der Waals surface area contributed by atoms with Crippen LogP contribution in [-0.4, -0.2) is 40.6 Å². The van der Waals surface area contributed by atoms with Gasteiger partial charge in [-0.2, -0.15) is 5.10 Å². The Kier molecular flexibility index (Phi) is 6.71. The standard InChI is InChI=1S/C21H26N4O5Si/c1-31(2,3)8-7-30-14-24-19-11-20(25(28)29)18(10-17(19)13-23-24)16-6-4-5-15(9-16)12-22-21(26)27/h4-6,9-11,13,22H,7-8,12,14H2,1-3H3,(H,26,27). The summed E-state index contributed by atoms with van der Waals surface area (Å²) in [5.74, 6) is 0. The SMILES string of the molecule is C[Si](C)(C)CCOCn1ncc2cc(-c3cccc(CNC(=O)O)c3)c([N+](=O)[O-])cc21. The maximum Gasteiger partial charge on any atom is 0.404 e. The van der Waals surface area contributed by atoms with Gasteiger partial charge < -0.3 is 15.2 Å². The minimum Gasteiger partial charge on any atom is -0.465 e. The van der Waals surface area contributed by atoms with Gasteiger partial charge in [-0.3, -0.25) is 10.1 Å². The van der Waals surface area contributed by atoms with Crippen molar-refractivity contribution in [3.63, 3.8) is 0 Å². The first-order chi connectivity index (χ1) is 14.6. The predicted molar refractivity (Wildman–Crippen MR) is 121 cm³/mol. The summed E-state index contributed by atoms with van der Waals surface area (Å²) in [5, 5.41) is 28.0. The van der Waals surface area contributed by atoms with Gasteiger partial charge in [-0.25, -0.2) is 9.48 Å². The first kappa shape index (κ1) is 22.4. The number of fused-ring (bicyclic) bond motifs is 1. The van der Waals surface area contributed by atoms with Gasteiger partial charge in [-0.05, 0) is 29.3 Å². The van der Waals surface area contributed by atoms with Crippen LogP contribution in [0.5, 0.6) is 0 Å². The molecule has 1 amide bonds. The molecule has 9 nitrogen and oxygen atoms in total. The van der Waals surface area contributed by atoms with Crippen LogP contribution in [0.4, 0.5) is 10.5 Å². The Morgan fingerprint density at radius 2 is 2.06 bits per heavy atom. The molecule has 0 fully saturated rings. The van der Waals surface area contributed by atoms with E-state index >= 15 is 0 Å². The molecule has 0 aliphatic heterocycles. The number of aromatic nitrogens is 2. The summed E-state index contributed by atoms with van der Waals surface area (Å²) in [6.45, 7) is 7.81. The van der Waals surface area contributed by atoms with Crippen molar-refractivity contribution in [2.45, 2.75) is 39.0 Å². The lowest BCUT2D eigenvalue weighted by Gasteiger charge is -2.15. The van der Waals surface area contributed by atoms with Crippen LogP contribution in [0.15, 0.2) is 42.6 Å². The van der Waals surface area contributed by atoms with E-state index < -0.39 is 19.1 Å².